The number of methoxy groups -OCH3 is 3. The van der Waals surface area contributed by atoms with Crippen LogP contribution in [0.3, 0.4) is 0 Å². The van der Waals surface area contributed by atoms with Crippen LogP contribution in [0.4, 0.5) is 0 Å². The van der Waals surface area contributed by atoms with Gasteiger partial charge in [0.05, 0.1) is 55.0 Å². The van der Waals surface area contributed by atoms with Gasteiger partial charge in [0.15, 0.2) is 0 Å². The smallest absolute Gasteiger partial charge is 0.385 e. The van der Waals surface area contributed by atoms with Gasteiger partial charge in [-0.15, -0.1) is 0 Å². The molecule has 0 saturated heterocycles. The molecule has 1 amide bonds. The van der Waals surface area contributed by atoms with Crippen LogP contribution in [0.1, 0.15) is 11.1 Å². The highest BCUT2D eigenvalue weighted by atomic mass is 35.5. The molecule has 0 aliphatic carbocycles. The molecule has 3 aliphatic rings. The van der Waals surface area contributed by atoms with E-state index in [1.165, 1.54) is 20.4 Å². The zero-order valence-electron chi connectivity index (χ0n) is 26.1. The molecule has 0 unspecified atom stereocenters. The number of esters is 1. The number of allylic oxidation sites excluding steroid dienone is 1. The molecule has 5 rings (SSSR count). The number of carbonyl (C=O) groups excluding carboxylic acids is 3. The number of nitrogens with one attached hydrogen (secondary N) is 5. The Morgan fingerprint density at radius 1 is 1.16 bits per heavy atom. The number of aliphatic imine (C=N–C) groups is 1. The fourth-order valence-corrected chi connectivity index (χ4v) is 5.44. The van der Waals surface area contributed by atoms with Gasteiger partial charge < -0.3 is 55.7 Å². The number of ether oxygens (including phenoxy) is 4. The molecule has 3 aliphatic heterocycles. The van der Waals surface area contributed by atoms with E-state index >= 15 is 0 Å². The summed E-state index contributed by atoms with van der Waals surface area (Å²) in [6.07, 6.45) is 7.44. The van der Waals surface area contributed by atoms with Crippen molar-refractivity contribution >= 4 is 52.5 Å². The lowest BCUT2D eigenvalue weighted by Crippen LogP contribution is -2.55. The van der Waals surface area contributed by atoms with E-state index in [0.29, 0.717) is 53.0 Å². The highest BCUT2D eigenvalue weighted by molar-refractivity contribution is 6.42. The maximum absolute atomic E-state index is 12.6. The Bertz CT molecular complexity index is 1870. The number of dihydropyridines is 1. The number of halogens is 2. The summed E-state index contributed by atoms with van der Waals surface area (Å²) in [6.45, 7) is 4.59. The number of ketones is 1. The van der Waals surface area contributed by atoms with E-state index in [2.05, 4.69) is 48.0 Å². The van der Waals surface area contributed by atoms with Crippen molar-refractivity contribution in [2.24, 2.45) is 4.99 Å². The van der Waals surface area contributed by atoms with E-state index in [1.54, 1.807) is 30.1 Å². The van der Waals surface area contributed by atoms with Gasteiger partial charge in [0.2, 0.25) is 11.9 Å². The van der Waals surface area contributed by atoms with Crippen molar-refractivity contribution in [3.8, 4) is 11.5 Å². The molecule has 4 heterocycles. The normalized spacial score (nSPS) is 16.7. The second-order valence-electron chi connectivity index (χ2n) is 10.3. The van der Waals surface area contributed by atoms with E-state index in [9.17, 15) is 24.6 Å². The van der Waals surface area contributed by atoms with Gasteiger partial charge in [-0.25, -0.2) is 9.79 Å². The Morgan fingerprint density at radius 3 is 2.53 bits per heavy atom. The fourth-order valence-electron chi connectivity index (χ4n) is 4.74. The molecule has 0 atom stereocenters. The second-order valence-corrected chi connectivity index (χ2v) is 11.0. The second kappa shape index (κ2) is 14.4. The summed E-state index contributed by atoms with van der Waals surface area (Å²) < 4.78 is 22.2. The number of hydrogen-bond acceptors (Lipinski definition) is 15. The first-order valence-corrected chi connectivity index (χ1v) is 15.0. The zero-order chi connectivity index (χ0) is 35.5. The molecular formula is C30H30Cl2N8O9. The van der Waals surface area contributed by atoms with Crippen molar-refractivity contribution in [3.05, 3.63) is 93.0 Å². The number of carbonyl (C=O) groups is 3. The van der Waals surface area contributed by atoms with Crippen LogP contribution in [-0.4, -0.2) is 77.5 Å². The molecule has 0 saturated carbocycles. The highest BCUT2D eigenvalue weighted by Gasteiger charge is 2.47. The van der Waals surface area contributed by atoms with E-state index in [-0.39, 0.29) is 22.5 Å². The van der Waals surface area contributed by atoms with Gasteiger partial charge >= 0.3 is 11.9 Å². The van der Waals surface area contributed by atoms with Crippen LogP contribution >= 0.6 is 23.2 Å². The van der Waals surface area contributed by atoms with E-state index in [1.807, 2.05) is 6.20 Å². The largest absolute Gasteiger partial charge is 0.495 e. The van der Waals surface area contributed by atoms with Gasteiger partial charge in [0.1, 0.15) is 28.7 Å². The van der Waals surface area contributed by atoms with Crippen molar-refractivity contribution in [2.45, 2.75) is 19.1 Å². The molecule has 0 radical (unpaired) electrons. The number of cyclic esters (lactones) is 1. The zero-order valence-corrected chi connectivity index (χ0v) is 27.7. The van der Waals surface area contributed by atoms with Gasteiger partial charge in [-0.3, -0.25) is 14.3 Å². The number of rotatable bonds is 12. The molecular weight excluding hydrogens is 687 g/mol. The summed E-state index contributed by atoms with van der Waals surface area (Å²) in [4.78, 5) is 40.9. The standard InChI is InChI=1S/C30H30Cl2N8O9/c1-5-19(41)37-24-25(42)28(43)49-30(44,45)26(24)39-29-34-12-15-8-16(20-21(31)17(47-3)9-18(48-4)22(20)32)36-27(23(15)38-29)33-10-14-11-35-40(13-14)6-7-46-2/h5,8-9,11-13,33,36,44-45H,1,6-7,10H2,2-4H3,(H,37,41)(H2,34,38,39). The number of guanidine groups is 1. The van der Waals surface area contributed by atoms with Crippen LogP contribution in [0.5, 0.6) is 11.5 Å². The van der Waals surface area contributed by atoms with Crippen molar-refractivity contribution in [3.63, 3.8) is 0 Å². The van der Waals surface area contributed by atoms with Crippen molar-refractivity contribution in [1.29, 1.82) is 0 Å². The molecule has 258 valence electrons. The summed E-state index contributed by atoms with van der Waals surface area (Å²) in [7, 11) is 4.50. The van der Waals surface area contributed by atoms with Crippen LogP contribution in [0.15, 0.2) is 76.9 Å². The Morgan fingerprint density at radius 2 is 1.88 bits per heavy atom. The predicted octanol–water partition coefficient (Wildman–Crippen LogP) is 0.467. The number of aliphatic hydroxyl groups is 2. The SMILES string of the molecule is C=CC(=O)NC1=C(NC2=NC=C3C=C(c4c(Cl)c(OC)cc(OC)c4Cl)NC(NCc4cnn(CCOC)c4)=C3N2)C(O)(O)OC(=O)C1=O. The molecule has 7 N–H and O–H groups in total. The van der Waals surface area contributed by atoms with E-state index in [0.717, 1.165) is 11.6 Å². The quantitative estimate of drug-likeness (QED) is 0.0688. The number of Topliss-reactive ketones (excluding diaryl/α,β-unsaturated/α-hetero) is 1. The average molecular weight is 718 g/mol. The minimum atomic E-state index is -3.35. The summed E-state index contributed by atoms with van der Waals surface area (Å²) >= 11 is 13.5. The number of amides is 1. The molecule has 1 aromatic carbocycles. The molecule has 0 spiro atoms. The molecule has 19 heteroatoms. The number of nitrogens with zero attached hydrogens (tertiary/aromatic N) is 3. The number of aromatic nitrogens is 2. The summed E-state index contributed by atoms with van der Waals surface area (Å²) in [5.74, 6) is -6.41. The Labute approximate surface area is 288 Å². The van der Waals surface area contributed by atoms with Crippen molar-refractivity contribution in [2.75, 3.05) is 27.9 Å². The molecule has 0 bridgehead atoms. The molecule has 2 aromatic rings. The van der Waals surface area contributed by atoms with Crippen LogP contribution in [-0.2, 0) is 36.9 Å². The minimum Gasteiger partial charge on any atom is -0.495 e. The third-order valence-electron chi connectivity index (χ3n) is 7.10. The summed E-state index contributed by atoms with van der Waals surface area (Å²) in [5.41, 5.74) is 0.897. The summed E-state index contributed by atoms with van der Waals surface area (Å²) in [5, 5.41) is 40.0. The monoisotopic (exact) mass is 716 g/mol. The lowest BCUT2D eigenvalue weighted by molar-refractivity contribution is -0.296. The van der Waals surface area contributed by atoms with Crippen LogP contribution in [0.25, 0.3) is 5.70 Å². The van der Waals surface area contributed by atoms with Gasteiger partial charge in [-0.05, 0) is 12.2 Å². The van der Waals surface area contributed by atoms with Crippen LogP contribution < -0.4 is 36.1 Å². The van der Waals surface area contributed by atoms with Crippen molar-refractivity contribution in [1.82, 2.24) is 36.4 Å². The minimum absolute atomic E-state index is 0.165. The van der Waals surface area contributed by atoms with Gasteiger partial charge in [-0.1, -0.05) is 29.8 Å². The topological polar surface area (TPSA) is 219 Å². The maximum atomic E-state index is 12.6. The fraction of sp³-hybridized carbons (Fsp3) is 0.233. The maximum Gasteiger partial charge on any atom is 0.385 e. The summed E-state index contributed by atoms with van der Waals surface area (Å²) in [6, 6.07) is 1.55. The highest BCUT2D eigenvalue weighted by Crippen LogP contribution is 2.44. The first-order chi connectivity index (χ1) is 23.4. The lowest BCUT2D eigenvalue weighted by Gasteiger charge is -2.33. The Hall–Kier alpha value is -5.33. The average Bonchev–Trinajstić information content (AvgIpc) is 3.54. The Kier molecular flexibility index (Phi) is 10.3. The van der Waals surface area contributed by atoms with Gasteiger partial charge in [0, 0.05) is 48.8 Å². The van der Waals surface area contributed by atoms with E-state index < -0.39 is 35.0 Å². The van der Waals surface area contributed by atoms with Crippen molar-refractivity contribution < 1.29 is 43.5 Å². The number of fused-ring (bicyclic) bond motifs is 1. The molecule has 1 aromatic heterocycles. The predicted molar refractivity (Wildman–Crippen MR) is 174 cm³/mol. The lowest BCUT2D eigenvalue weighted by atomic mass is 10.0. The van der Waals surface area contributed by atoms with Gasteiger partial charge in [0.25, 0.3) is 5.78 Å². The molecule has 17 nitrogen and oxygen atoms in total. The Balaban J connectivity index is 1.56. The number of benzene rings is 1. The van der Waals surface area contributed by atoms with E-state index in [4.69, 9.17) is 37.4 Å². The number of hydrogen-bond donors (Lipinski definition) is 7. The molecule has 0 fully saturated rings. The first kappa shape index (κ1) is 35.0. The van der Waals surface area contributed by atoms with Crippen LogP contribution in [0.2, 0.25) is 10.0 Å². The molecule has 49 heavy (non-hydrogen) atoms. The third kappa shape index (κ3) is 7.25. The van der Waals surface area contributed by atoms with Crippen LogP contribution in [0, 0.1) is 0 Å². The third-order valence-corrected chi connectivity index (χ3v) is 7.85. The van der Waals surface area contributed by atoms with Gasteiger partial charge in [-0.2, -0.15) is 5.10 Å². The first-order valence-electron chi connectivity index (χ1n) is 14.2.